The number of sulfonamides is 1. The first-order valence-corrected chi connectivity index (χ1v) is 11.3. The zero-order chi connectivity index (χ0) is 18.2. The van der Waals surface area contributed by atoms with Gasteiger partial charge in [0.1, 0.15) is 6.04 Å². The van der Waals surface area contributed by atoms with E-state index in [4.69, 9.17) is 16.0 Å². The molecule has 0 saturated carbocycles. The van der Waals surface area contributed by atoms with E-state index in [9.17, 15) is 16.8 Å². The number of nitrogens with zero attached hydrogens (tertiary/aromatic N) is 3. The summed E-state index contributed by atoms with van der Waals surface area (Å²) in [6, 6.07) is 5.97. The topological polar surface area (TPSA) is 110 Å². The molecule has 1 aromatic heterocycles. The summed E-state index contributed by atoms with van der Waals surface area (Å²) in [4.78, 5) is 0. The molecule has 1 saturated heterocycles. The van der Waals surface area contributed by atoms with Crippen molar-refractivity contribution in [3.05, 3.63) is 40.7 Å². The summed E-state index contributed by atoms with van der Waals surface area (Å²) in [6.45, 7) is 0.310. The molecule has 3 rings (SSSR count). The largest absolute Gasteiger partial charge is 0.411 e. The smallest absolute Gasteiger partial charge is 0.335 e. The highest BCUT2D eigenvalue weighted by atomic mass is 35.5. The quantitative estimate of drug-likeness (QED) is 0.745. The van der Waals surface area contributed by atoms with Crippen molar-refractivity contribution in [2.75, 3.05) is 12.8 Å². The lowest BCUT2D eigenvalue weighted by Gasteiger charge is -2.21. The molecule has 2 heterocycles. The van der Waals surface area contributed by atoms with Gasteiger partial charge in [0.05, 0.1) is 5.75 Å². The van der Waals surface area contributed by atoms with E-state index >= 15 is 0 Å². The van der Waals surface area contributed by atoms with Crippen LogP contribution in [-0.2, 0) is 25.6 Å². The third-order valence-corrected chi connectivity index (χ3v) is 6.71. The Morgan fingerprint density at radius 3 is 2.68 bits per heavy atom. The van der Waals surface area contributed by atoms with Gasteiger partial charge in [0.15, 0.2) is 0 Å². The zero-order valence-corrected chi connectivity index (χ0v) is 15.7. The molecule has 1 fully saturated rings. The SMILES string of the molecule is CS(=O)(=O)c1nnc([C@@H]2CCCN2S(=O)(=O)Cc2cccc(Cl)c2)o1. The minimum absolute atomic E-state index is 0.00686. The fourth-order valence-corrected chi connectivity index (χ4v) is 5.14. The van der Waals surface area contributed by atoms with Crippen LogP contribution in [0.1, 0.15) is 30.3 Å². The van der Waals surface area contributed by atoms with Gasteiger partial charge in [-0.3, -0.25) is 0 Å². The van der Waals surface area contributed by atoms with E-state index < -0.39 is 31.1 Å². The lowest BCUT2D eigenvalue weighted by Crippen LogP contribution is -2.31. The summed E-state index contributed by atoms with van der Waals surface area (Å²) in [6.07, 6.45) is 2.06. The van der Waals surface area contributed by atoms with Gasteiger partial charge < -0.3 is 4.42 Å². The summed E-state index contributed by atoms with van der Waals surface area (Å²) < 4.78 is 55.0. The van der Waals surface area contributed by atoms with E-state index in [-0.39, 0.29) is 11.6 Å². The Morgan fingerprint density at radius 2 is 2.04 bits per heavy atom. The number of hydrogen-bond donors (Lipinski definition) is 0. The lowest BCUT2D eigenvalue weighted by molar-refractivity contribution is 0.303. The molecule has 0 bridgehead atoms. The van der Waals surface area contributed by atoms with Gasteiger partial charge in [-0.05, 0) is 30.5 Å². The Bertz CT molecular complexity index is 987. The standard InChI is InChI=1S/C14H16ClN3O5S2/c1-24(19,20)14-17-16-13(23-14)12-6-3-7-18(12)25(21,22)9-10-4-2-5-11(15)8-10/h2,4-5,8,12H,3,6-7,9H2,1H3/t12-/m0/s1. The van der Waals surface area contributed by atoms with Crippen LogP contribution in [0.4, 0.5) is 0 Å². The summed E-state index contributed by atoms with van der Waals surface area (Å²) in [5.74, 6) is -0.218. The number of aromatic nitrogens is 2. The molecule has 0 N–H and O–H groups in total. The molecule has 0 amide bonds. The van der Waals surface area contributed by atoms with E-state index in [1.807, 2.05) is 0 Å². The van der Waals surface area contributed by atoms with Crippen molar-refractivity contribution in [2.45, 2.75) is 29.9 Å². The Balaban J connectivity index is 1.86. The van der Waals surface area contributed by atoms with Crippen molar-refractivity contribution in [1.29, 1.82) is 0 Å². The predicted octanol–water partition coefficient (Wildman–Crippen LogP) is 1.79. The van der Waals surface area contributed by atoms with Crippen LogP contribution in [-0.4, -0.2) is 44.1 Å². The number of benzene rings is 1. The van der Waals surface area contributed by atoms with E-state index in [1.165, 1.54) is 4.31 Å². The molecule has 11 heteroatoms. The first-order chi connectivity index (χ1) is 11.7. The maximum atomic E-state index is 12.8. The highest BCUT2D eigenvalue weighted by Gasteiger charge is 2.38. The highest BCUT2D eigenvalue weighted by Crippen LogP contribution is 2.35. The Hall–Kier alpha value is -1.49. The van der Waals surface area contributed by atoms with Gasteiger partial charge >= 0.3 is 5.22 Å². The maximum absolute atomic E-state index is 12.8. The van der Waals surface area contributed by atoms with Crippen molar-refractivity contribution < 1.29 is 21.3 Å². The van der Waals surface area contributed by atoms with Gasteiger partial charge in [0, 0.05) is 17.8 Å². The molecule has 0 unspecified atom stereocenters. The van der Waals surface area contributed by atoms with Crippen LogP contribution in [0.5, 0.6) is 0 Å². The zero-order valence-electron chi connectivity index (χ0n) is 13.3. The molecule has 0 radical (unpaired) electrons. The van der Waals surface area contributed by atoms with Crippen LogP contribution in [0.3, 0.4) is 0 Å². The van der Waals surface area contributed by atoms with Crippen LogP contribution < -0.4 is 0 Å². The van der Waals surface area contributed by atoms with Crippen molar-refractivity contribution in [3.8, 4) is 0 Å². The molecule has 0 spiro atoms. The van der Waals surface area contributed by atoms with Gasteiger partial charge in [-0.1, -0.05) is 28.8 Å². The van der Waals surface area contributed by atoms with Crippen molar-refractivity contribution in [3.63, 3.8) is 0 Å². The molecule has 0 aliphatic carbocycles. The molecule has 1 atom stereocenters. The average Bonchev–Trinajstić information content (AvgIpc) is 3.15. The Morgan fingerprint density at radius 1 is 1.28 bits per heavy atom. The van der Waals surface area contributed by atoms with Gasteiger partial charge in [-0.25, -0.2) is 16.8 Å². The van der Waals surface area contributed by atoms with Gasteiger partial charge in [-0.2, -0.15) is 4.31 Å². The van der Waals surface area contributed by atoms with E-state index in [2.05, 4.69) is 10.2 Å². The Kier molecular flexibility index (Phi) is 4.89. The molecule has 1 aromatic carbocycles. The third-order valence-electron chi connectivity index (χ3n) is 3.82. The number of hydrogen-bond acceptors (Lipinski definition) is 7. The summed E-state index contributed by atoms with van der Waals surface area (Å²) in [5.41, 5.74) is 0.570. The van der Waals surface area contributed by atoms with Crippen LogP contribution in [0.2, 0.25) is 5.02 Å². The predicted molar refractivity (Wildman–Crippen MR) is 90.2 cm³/mol. The second kappa shape index (κ2) is 6.67. The first kappa shape index (κ1) is 18.3. The highest BCUT2D eigenvalue weighted by molar-refractivity contribution is 7.90. The van der Waals surface area contributed by atoms with Crippen molar-refractivity contribution >= 4 is 31.5 Å². The maximum Gasteiger partial charge on any atom is 0.335 e. The van der Waals surface area contributed by atoms with Crippen LogP contribution >= 0.6 is 11.6 Å². The lowest BCUT2D eigenvalue weighted by atomic mass is 10.2. The van der Waals surface area contributed by atoms with E-state index in [0.717, 1.165) is 6.26 Å². The molecular formula is C14H16ClN3O5S2. The Labute approximate surface area is 150 Å². The minimum atomic E-state index is -3.66. The van der Waals surface area contributed by atoms with Crippen LogP contribution in [0, 0.1) is 0 Å². The normalized spacial score (nSPS) is 19.4. The molecule has 25 heavy (non-hydrogen) atoms. The monoisotopic (exact) mass is 405 g/mol. The third kappa shape index (κ3) is 4.02. The van der Waals surface area contributed by atoms with Crippen molar-refractivity contribution in [1.82, 2.24) is 14.5 Å². The van der Waals surface area contributed by atoms with Crippen molar-refractivity contribution in [2.24, 2.45) is 0 Å². The number of sulfone groups is 1. The van der Waals surface area contributed by atoms with Gasteiger partial charge in [-0.15, -0.1) is 5.10 Å². The fourth-order valence-electron chi connectivity index (χ4n) is 2.75. The van der Waals surface area contributed by atoms with Crippen LogP contribution in [0.25, 0.3) is 0 Å². The molecule has 8 nitrogen and oxygen atoms in total. The van der Waals surface area contributed by atoms with E-state index in [0.29, 0.717) is 30.0 Å². The number of rotatable bonds is 5. The summed E-state index contributed by atoms with van der Waals surface area (Å²) in [5, 5.41) is 7.17. The second-order valence-electron chi connectivity index (χ2n) is 5.83. The molecule has 1 aliphatic heterocycles. The summed E-state index contributed by atoms with van der Waals surface area (Å²) in [7, 11) is -7.30. The molecule has 2 aromatic rings. The molecule has 1 aliphatic rings. The summed E-state index contributed by atoms with van der Waals surface area (Å²) >= 11 is 5.90. The molecule has 136 valence electrons. The van der Waals surface area contributed by atoms with Gasteiger partial charge in [0.25, 0.3) is 0 Å². The fraction of sp³-hybridized carbons (Fsp3) is 0.429. The van der Waals surface area contributed by atoms with E-state index in [1.54, 1.807) is 24.3 Å². The minimum Gasteiger partial charge on any atom is -0.411 e. The number of halogens is 1. The molecular weight excluding hydrogens is 390 g/mol. The first-order valence-electron chi connectivity index (χ1n) is 7.44. The average molecular weight is 406 g/mol. The second-order valence-corrected chi connectivity index (χ2v) is 10.1. The van der Waals surface area contributed by atoms with Gasteiger partial charge in [0.2, 0.25) is 25.8 Å². The van der Waals surface area contributed by atoms with Crippen LogP contribution in [0.15, 0.2) is 33.9 Å².